The highest BCUT2D eigenvalue weighted by Crippen LogP contribution is 2.39. The summed E-state index contributed by atoms with van der Waals surface area (Å²) in [7, 11) is 0. The van der Waals surface area contributed by atoms with Gasteiger partial charge in [-0.15, -0.1) is 0 Å². The van der Waals surface area contributed by atoms with E-state index in [1.165, 1.54) is 5.56 Å². The predicted octanol–water partition coefficient (Wildman–Crippen LogP) is 5.86. The molecule has 0 saturated carbocycles. The van der Waals surface area contributed by atoms with Crippen molar-refractivity contribution < 1.29 is 4.79 Å². The number of hydrogen-bond acceptors (Lipinski definition) is 1. The Morgan fingerprint density at radius 3 is 2.20 bits per heavy atom. The van der Waals surface area contributed by atoms with Crippen molar-refractivity contribution >= 4 is 17.4 Å². The van der Waals surface area contributed by atoms with E-state index in [9.17, 15) is 4.79 Å². The Kier molecular flexibility index (Phi) is 6.75. The van der Waals surface area contributed by atoms with E-state index in [1.807, 2.05) is 18.2 Å². The molecular formula is C18H27ClO. The van der Waals surface area contributed by atoms with Gasteiger partial charge in [0.25, 0.3) is 0 Å². The number of halogens is 1. The summed E-state index contributed by atoms with van der Waals surface area (Å²) in [6.45, 7) is 8.48. The van der Waals surface area contributed by atoms with Gasteiger partial charge in [-0.05, 0) is 49.4 Å². The number of Topliss-reactive ketones (excluding diaryl/α,β-unsaturated/α-hetero) is 1. The van der Waals surface area contributed by atoms with Gasteiger partial charge in [0, 0.05) is 11.4 Å². The fourth-order valence-corrected chi connectivity index (χ4v) is 3.43. The van der Waals surface area contributed by atoms with Crippen molar-refractivity contribution in [2.24, 2.45) is 0 Å². The molecule has 0 aliphatic rings. The third-order valence-corrected chi connectivity index (χ3v) is 4.31. The highest BCUT2D eigenvalue weighted by atomic mass is 35.5. The Labute approximate surface area is 128 Å². The zero-order valence-electron chi connectivity index (χ0n) is 13.3. The van der Waals surface area contributed by atoms with Crippen molar-refractivity contribution in [1.29, 1.82) is 0 Å². The molecule has 0 spiro atoms. The quantitative estimate of drug-likeness (QED) is 0.587. The van der Waals surface area contributed by atoms with E-state index in [0.717, 1.165) is 42.7 Å². The molecule has 20 heavy (non-hydrogen) atoms. The first-order valence-electron chi connectivity index (χ1n) is 7.81. The summed E-state index contributed by atoms with van der Waals surface area (Å²) in [5.74, 6) is 0.383. The van der Waals surface area contributed by atoms with E-state index < -0.39 is 0 Å². The first-order valence-corrected chi connectivity index (χ1v) is 8.19. The third-order valence-electron chi connectivity index (χ3n) is 4.08. The van der Waals surface area contributed by atoms with E-state index in [4.69, 9.17) is 11.6 Å². The molecule has 112 valence electrons. The SMILES string of the molecule is CCCC(=O)C(CCC)(CCC)c1cc(Cl)ccc1C. The summed E-state index contributed by atoms with van der Waals surface area (Å²) in [5.41, 5.74) is 1.99. The molecular weight excluding hydrogens is 268 g/mol. The summed E-state index contributed by atoms with van der Waals surface area (Å²) in [6, 6.07) is 5.96. The van der Waals surface area contributed by atoms with Crippen molar-refractivity contribution in [3.63, 3.8) is 0 Å². The maximum absolute atomic E-state index is 12.9. The van der Waals surface area contributed by atoms with Crippen LogP contribution in [0.3, 0.4) is 0 Å². The zero-order chi connectivity index (χ0) is 15.2. The number of benzene rings is 1. The van der Waals surface area contributed by atoms with Gasteiger partial charge in [-0.25, -0.2) is 0 Å². The number of ketones is 1. The van der Waals surface area contributed by atoms with E-state index in [0.29, 0.717) is 12.2 Å². The Morgan fingerprint density at radius 1 is 1.10 bits per heavy atom. The lowest BCUT2D eigenvalue weighted by atomic mass is 9.68. The summed E-state index contributed by atoms with van der Waals surface area (Å²) in [5, 5.41) is 0.728. The van der Waals surface area contributed by atoms with Crippen LogP contribution in [0.2, 0.25) is 5.02 Å². The number of aryl methyl sites for hydroxylation is 1. The summed E-state index contributed by atoms with van der Waals surface area (Å²) >= 11 is 6.19. The van der Waals surface area contributed by atoms with Crippen molar-refractivity contribution in [1.82, 2.24) is 0 Å². The largest absolute Gasteiger partial charge is 0.299 e. The molecule has 0 bridgehead atoms. The molecule has 0 N–H and O–H groups in total. The van der Waals surface area contributed by atoms with Crippen molar-refractivity contribution in [2.75, 3.05) is 0 Å². The van der Waals surface area contributed by atoms with E-state index in [-0.39, 0.29) is 5.41 Å². The van der Waals surface area contributed by atoms with Crippen LogP contribution in [0.1, 0.15) is 70.4 Å². The molecule has 0 atom stereocenters. The van der Waals surface area contributed by atoms with Gasteiger partial charge >= 0.3 is 0 Å². The predicted molar refractivity (Wildman–Crippen MR) is 87.6 cm³/mol. The molecule has 1 aromatic carbocycles. The number of carbonyl (C=O) groups excluding carboxylic acids is 1. The van der Waals surface area contributed by atoms with Gasteiger partial charge in [0.1, 0.15) is 5.78 Å². The molecule has 1 aromatic rings. The standard InChI is InChI=1S/C18H27ClO/c1-5-8-17(20)18(11-6-2,12-7-3)16-13-15(19)10-9-14(16)4/h9-10,13H,5-8,11-12H2,1-4H3. The molecule has 1 rings (SSSR count). The molecule has 1 nitrogen and oxygen atoms in total. The van der Waals surface area contributed by atoms with Crippen LogP contribution in [-0.2, 0) is 10.2 Å². The molecule has 0 radical (unpaired) electrons. The number of rotatable bonds is 8. The zero-order valence-corrected chi connectivity index (χ0v) is 14.0. The van der Waals surface area contributed by atoms with Gasteiger partial charge in [-0.2, -0.15) is 0 Å². The summed E-state index contributed by atoms with van der Waals surface area (Å²) in [6.07, 6.45) is 5.43. The second kappa shape index (κ2) is 7.83. The summed E-state index contributed by atoms with van der Waals surface area (Å²) in [4.78, 5) is 12.9. The highest BCUT2D eigenvalue weighted by molar-refractivity contribution is 6.30. The summed E-state index contributed by atoms with van der Waals surface area (Å²) < 4.78 is 0. The number of hydrogen-bond donors (Lipinski definition) is 0. The fraction of sp³-hybridized carbons (Fsp3) is 0.611. The van der Waals surface area contributed by atoms with Crippen LogP contribution in [0.4, 0.5) is 0 Å². The molecule has 0 aromatic heterocycles. The van der Waals surface area contributed by atoms with Gasteiger partial charge < -0.3 is 0 Å². The van der Waals surface area contributed by atoms with Gasteiger partial charge in [0.05, 0.1) is 5.41 Å². The van der Waals surface area contributed by atoms with Crippen LogP contribution >= 0.6 is 11.6 Å². The third kappa shape index (κ3) is 3.63. The second-order valence-electron chi connectivity index (χ2n) is 5.71. The molecule has 0 fully saturated rings. The van der Waals surface area contributed by atoms with Gasteiger partial charge in [-0.3, -0.25) is 4.79 Å². The van der Waals surface area contributed by atoms with Crippen molar-refractivity contribution in [3.8, 4) is 0 Å². The Hall–Kier alpha value is -0.820. The van der Waals surface area contributed by atoms with Crippen molar-refractivity contribution in [2.45, 2.75) is 71.6 Å². The highest BCUT2D eigenvalue weighted by Gasteiger charge is 2.38. The average Bonchev–Trinajstić information content (AvgIpc) is 2.41. The van der Waals surface area contributed by atoms with Crippen LogP contribution in [0.15, 0.2) is 18.2 Å². The maximum atomic E-state index is 12.9. The lowest BCUT2D eigenvalue weighted by Crippen LogP contribution is -2.36. The molecule has 0 saturated heterocycles. The molecule has 0 aliphatic heterocycles. The minimum atomic E-state index is -0.339. The average molecular weight is 295 g/mol. The van der Waals surface area contributed by atoms with Crippen LogP contribution in [0, 0.1) is 6.92 Å². The van der Waals surface area contributed by atoms with Crippen LogP contribution in [-0.4, -0.2) is 5.78 Å². The lowest BCUT2D eigenvalue weighted by molar-refractivity contribution is -0.125. The monoisotopic (exact) mass is 294 g/mol. The fourth-order valence-electron chi connectivity index (χ4n) is 3.25. The smallest absolute Gasteiger partial charge is 0.143 e. The Bertz CT molecular complexity index is 445. The molecule has 0 aliphatic carbocycles. The maximum Gasteiger partial charge on any atom is 0.143 e. The molecule has 0 amide bonds. The molecule has 2 heteroatoms. The van der Waals surface area contributed by atoms with E-state index in [2.05, 4.69) is 27.7 Å². The van der Waals surface area contributed by atoms with E-state index in [1.54, 1.807) is 0 Å². The van der Waals surface area contributed by atoms with Crippen LogP contribution in [0.5, 0.6) is 0 Å². The van der Waals surface area contributed by atoms with Gasteiger partial charge in [-0.1, -0.05) is 51.3 Å². The first-order chi connectivity index (χ1) is 9.51. The van der Waals surface area contributed by atoms with Gasteiger partial charge in [0.15, 0.2) is 0 Å². The molecule has 0 heterocycles. The first kappa shape index (κ1) is 17.2. The minimum Gasteiger partial charge on any atom is -0.299 e. The normalized spacial score (nSPS) is 11.7. The van der Waals surface area contributed by atoms with E-state index >= 15 is 0 Å². The van der Waals surface area contributed by atoms with Gasteiger partial charge in [0.2, 0.25) is 0 Å². The Morgan fingerprint density at radius 2 is 1.70 bits per heavy atom. The topological polar surface area (TPSA) is 17.1 Å². The van der Waals surface area contributed by atoms with Crippen LogP contribution < -0.4 is 0 Å². The number of carbonyl (C=O) groups is 1. The van der Waals surface area contributed by atoms with Crippen molar-refractivity contribution in [3.05, 3.63) is 34.3 Å². The molecule has 0 unspecified atom stereocenters. The Balaban J connectivity index is 3.39. The minimum absolute atomic E-state index is 0.339. The second-order valence-corrected chi connectivity index (χ2v) is 6.15. The van der Waals surface area contributed by atoms with Crippen LogP contribution in [0.25, 0.3) is 0 Å². The lowest BCUT2D eigenvalue weighted by Gasteiger charge is -2.34.